The zero-order valence-corrected chi connectivity index (χ0v) is 11.9. The summed E-state index contributed by atoms with van der Waals surface area (Å²) in [5, 5.41) is 15.8. The van der Waals surface area contributed by atoms with Crippen LogP contribution in [0.4, 0.5) is 11.4 Å². The highest BCUT2D eigenvalue weighted by Gasteiger charge is 2.07. The highest BCUT2D eigenvalue weighted by Crippen LogP contribution is 2.26. The van der Waals surface area contributed by atoms with E-state index in [-0.39, 0.29) is 5.75 Å². The summed E-state index contributed by atoms with van der Waals surface area (Å²) in [7, 11) is 0. The van der Waals surface area contributed by atoms with Gasteiger partial charge >= 0.3 is 0 Å². The maximum Gasteiger partial charge on any atom is 0.115 e. The van der Waals surface area contributed by atoms with Crippen molar-refractivity contribution in [2.75, 3.05) is 5.01 Å². The average molecular weight is 289 g/mol. The van der Waals surface area contributed by atoms with Gasteiger partial charge in [-0.05, 0) is 48.5 Å². The molecule has 3 aromatic rings. The lowest BCUT2D eigenvalue weighted by molar-refractivity contribution is 0.475. The van der Waals surface area contributed by atoms with Crippen molar-refractivity contribution in [3.05, 3.63) is 84.7 Å². The first-order valence-corrected chi connectivity index (χ1v) is 6.92. The number of hydrogen-bond donors (Lipinski definition) is 1. The number of benzene rings is 2. The van der Waals surface area contributed by atoms with Crippen molar-refractivity contribution in [3.8, 4) is 5.75 Å². The number of hydrazone groups is 1. The van der Waals surface area contributed by atoms with Crippen molar-refractivity contribution < 1.29 is 5.11 Å². The quantitative estimate of drug-likeness (QED) is 0.584. The summed E-state index contributed by atoms with van der Waals surface area (Å²) in [6, 6.07) is 22.4. The van der Waals surface area contributed by atoms with E-state index in [0.717, 1.165) is 17.1 Å². The van der Waals surface area contributed by atoms with E-state index in [0.29, 0.717) is 0 Å². The summed E-state index contributed by atoms with van der Waals surface area (Å²) in [6.45, 7) is 0. The van der Waals surface area contributed by atoms with Crippen LogP contribution in [0, 0.1) is 0 Å². The minimum Gasteiger partial charge on any atom is -0.508 e. The smallest absolute Gasteiger partial charge is 0.115 e. The van der Waals surface area contributed by atoms with E-state index in [1.165, 1.54) is 0 Å². The molecule has 22 heavy (non-hydrogen) atoms. The molecule has 0 radical (unpaired) electrons. The molecule has 3 rings (SSSR count). The van der Waals surface area contributed by atoms with E-state index in [1.807, 2.05) is 60.7 Å². The molecule has 0 unspecified atom stereocenters. The Balaban J connectivity index is 1.96. The summed E-state index contributed by atoms with van der Waals surface area (Å²) >= 11 is 0. The minimum atomic E-state index is 0.227. The topological polar surface area (TPSA) is 48.7 Å². The van der Waals surface area contributed by atoms with Gasteiger partial charge in [-0.2, -0.15) is 5.10 Å². The molecule has 0 saturated heterocycles. The molecular formula is C18H15N3O. The molecular weight excluding hydrogens is 274 g/mol. The molecule has 0 amide bonds. The monoisotopic (exact) mass is 289 g/mol. The number of phenolic OH excluding ortho intramolecular Hbond substituents is 1. The van der Waals surface area contributed by atoms with Crippen LogP contribution in [0.2, 0.25) is 0 Å². The Morgan fingerprint density at radius 3 is 2.18 bits per heavy atom. The zero-order valence-electron chi connectivity index (χ0n) is 11.9. The van der Waals surface area contributed by atoms with Crippen molar-refractivity contribution in [2.45, 2.75) is 0 Å². The summed E-state index contributed by atoms with van der Waals surface area (Å²) in [4.78, 5) is 4.24. The first kappa shape index (κ1) is 13.8. The van der Waals surface area contributed by atoms with Gasteiger partial charge in [0.1, 0.15) is 5.75 Å². The SMILES string of the molecule is Oc1ccc(N(/N=C/c2ccccn2)c2ccccc2)cc1. The van der Waals surface area contributed by atoms with Crippen molar-refractivity contribution in [3.63, 3.8) is 0 Å². The zero-order chi connectivity index (χ0) is 15.2. The average Bonchev–Trinajstić information content (AvgIpc) is 2.58. The standard InChI is InChI=1S/C18H15N3O/c22-18-11-9-17(10-12-18)21(16-7-2-1-3-8-16)20-14-15-6-4-5-13-19-15/h1-14,22H/b20-14+. The third kappa shape index (κ3) is 3.30. The second-order valence-corrected chi connectivity index (χ2v) is 4.66. The second kappa shape index (κ2) is 6.54. The fraction of sp³-hybridized carbons (Fsp3) is 0. The third-order valence-corrected chi connectivity index (χ3v) is 3.09. The van der Waals surface area contributed by atoms with Gasteiger partial charge in [0, 0.05) is 6.20 Å². The van der Waals surface area contributed by atoms with Crippen LogP contribution >= 0.6 is 0 Å². The number of nitrogens with zero attached hydrogens (tertiary/aromatic N) is 3. The van der Waals surface area contributed by atoms with Gasteiger partial charge in [-0.25, -0.2) is 5.01 Å². The Morgan fingerprint density at radius 2 is 1.50 bits per heavy atom. The second-order valence-electron chi connectivity index (χ2n) is 4.66. The molecule has 1 aromatic heterocycles. The van der Waals surface area contributed by atoms with Crippen LogP contribution in [0.5, 0.6) is 5.75 Å². The first-order valence-electron chi connectivity index (χ1n) is 6.92. The summed E-state index contributed by atoms with van der Waals surface area (Å²) in [5.41, 5.74) is 2.57. The number of pyridine rings is 1. The maximum absolute atomic E-state index is 9.45. The van der Waals surface area contributed by atoms with E-state index in [1.54, 1.807) is 29.6 Å². The first-order chi connectivity index (χ1) is 10.8. The van der Waals surface area contributed by atoms with E-state index in [4.69, 9.17) is 0 Å². The molecule has 0 fully saturated rings. The minimum absolute atomic E-state index is 0.227. The highest BCUT2D eigenvalue weighted by atomic mass is 16.3. The van der Waals surface area contributed by atoms with Crippen LogP contribution in [0.3, 0.4) is 0 Å². The van der Waals surface area contributed by atoms with Crippen molar-refractivity contribution in [1.29, 1.82) is 0 Å². The fourth-order valence-electron chi connectivity index (χ4n) is 2.01. The van der Waals surface area contributed by atoms with E-state index in [9.17, 15) is 5.11 Å². The maximum atomic E-state index is 9.45. The Labute approximate surface area is 129 Å². The molecule has 0 saturated carbocycles. The van der Waals surface area contributed by atoms with Gasteiger partial charge < -0.3 is 5.11 Å². The van der Waals surface area contributed by atoms with Crippen molar-refractivity contribution in [1.82, 2.24) is 4.98 Å². The Morgan fingerprint density at radius 1 is 0.818 bits per heavy atom. The molecule has 4 nitrogen and oxygen atoms in total. The fourth-order valence-corrected chi connectivity index (χ4v) is 2.01. The molecule has 108 valence electrons. The summed E-state index contributed by atoms with van der Waals surface area (Å²) < 4.78 is 0. The summed E-state index contributed by atoms with van der Waals surface area (Å²) in [6.07, 6.45) is 3.44. The van der Waals surface area contributed by atoms with Crippen LogP contribution in [-0.4, -0.2) is 16.3 Å². The predicted octanol–water partition coefficient (Wildman–Crippen LogP) is 3.96. The molecule has 4 heteroatoms. The molecule has 0 bridgehead atoms. The highest BCUT2D eigenvalue weighted by molar-refractivity contribution is 5.79. The Bertz CT molecular complexity index is 740. The van der Waals surface area contributed by atoms with Gasteiger partial charge in [-0.15, -0.1) is 0 Å². The molecule has 1 N–H and O–H groups in total. The van der Waals surface area contributed by atoms with Crippen LogP contribution in [-0.2, 0) is 0 Å². The Kier molecular flexibility index (Phi) is 4.11. The Hall–Kier alpha value is -3.14. The summed E-state index contributed by atoms with van der Waals surface area (Å²) in [5.74, 6) is 0.227. The van der Waals surface area contributed by atoms with E-state index >= 15 is 0 Å². The number of aromatic hydroxyl groups is 1. The lowest BCUT2D eigenvalue weighted by Crippen LogP contribution is -2.09. The van der Waals surface area contributed by atoms with Gasteiger partial charge in [0.15, 0.2) is 0 Å². The van der Waals surface area contributed by atoms with Crippen LogP contribution in [0.1, 0.15) is 5.69 Å². The largest absolute Gasteiger partial charge is 0.508 e. The number of phenols is 1. The van der Waals surface area contributed by atoms with Crippen LogP contribution < -0.4 is 5.01 Å². The molecule has 0 spiro atoms. The molecule has 2 aromatic carbocycles. The third-order valence-electron chi connectivity index (χ3n) is 3.09. The number of anilines is 2. The molecule has 0 aliphatic carbocycles. The van der Waals surface area contributed by atoms with Crippen molar-refractivity contribution in [2.24, 2.45) is 5.10 Å². The predicted molar refractivity (Wildman–Crippen MR) is 88.5 cm³/mol. The van der Waals surface area contributed by atoms with Gasteiger partial charge in [0.25, 0.3) is 0 Å². The van der Waals surface area contributed by atoms with Gasteiger partial charge in [0.05, 0.1) is 23.3 Å². The molecule has 0 atom stereocenters. The lowest BCUT2D eigenvalue weighted by atomic mass is 10.2. The molecule has 0 aliphatic heterocycles. The molecule has 1 heterocycles. The van der Waals surface area contributed by atoms with Gasteiger partial charge in [-0.3, -0.25) is 4.98 Å². The van der Waals surface area contributed by atoms with Gasteiger partial charge in [-0.1, -0.05) is 24.3 Å². The molecule has 0 aliphatic rings. The van der Waals surface area contributed by atoms with Crippen LogP contribution in [0.15, 0.2) is 84.1 Å². The number of aromatic nitrogens is 1. The van der Waals surface area contributed by atoms with Crippen molar-refractivity contribution >= 4 is 17.6 Å². The lowest BCUT2D eigenvalue weighted by Gasteiger charge is -2.19. The number of para-hydroxylation sites is 1. The van der Waals surface area contributed by atoms with E-state index in [2.05, 4.69) is 10.1 Å². The number of hydrogen-bond acceptors (Lipinski definition) is 4. The van der Waals surface area contributed by atoms with Crippen LogP contribution in [0.25, 0.3) is 0 Å². The number of rotatable bonds is 4. The normalized spacial score (nSPS) is 10.7. The van der Waals surface area contributed by atoms with Gasteiger partial charge in [0.2, 0.25) is 0 Å². The van der Waals surface area contributed by atoms with E-state index < -0.39 is 0 Å².